The van der Waals surface area contributed by atoms with E-state index in [1.807, 2.05) is 25.1 Å². The summed E-state index contributed by atoms with van der Waals surface area (Å²) in [5, 5.41) is 2.96. The lowest BCUT2D eigenvalue weighted by Crippen LogP contribution is -2.18. The van der Waals surface area contributed by atoms with Crippen molar-refractivity contribution in [2.45, 2.75) is 19.8 Å². The molecule has 0 saturated carbocycles. The number of rotatable bonds is 4. The molecular weight excluding hydrogens is 347 g/mol. The Morgan fingerprint density at radius 1 is 1.14 bits per heavy atom. The molecule has 0 aliphatic carbocycles. The van der Waals surface area contributed by atoms with Gasteiger partial charge in [0.2, 0.25) is 0 Å². The summed E-state index contributed by atoms with van der Waals surface area (Å²) in [4.78, 5) is 0. The van der Waals surface area contributed by atoms with E-state index in [1.54, 1.807) is 12.1 Å². The largest absolute Gasteiger partial charge is 0.573 e. The second kappa shape index (κ2) is 6.39. The average molecular weight is 360 g/mol. The van der Waals surface area contributed by atoms with Gasteiger partial charge in [0, 0.05) is 11.0 Å². The lowest BCUT2D eigenvalue weighted by Gasteiger charge is -2.14. The number of hydrogen-bond acceptors (Lipinski definition) is 2. The van der Waals surface area contributed by atoms with E-state index in [4.69, 9.17) is 0 Å². The van der Waals surface area contributed by atoms with Crippen LogP contribution >= 0.6 is 15.9 Å². The van der Waals surface area contributed by atoms with E-state index in [-0.39, 0.29) is 5.75 Å². The Hall–Kier alpha value is -1.69. The maximum atomic E-state index is 12.3. The summed E-state index contributed by atoms with van der Waals surface area (Å²) in [5.41, 5.74) is 2.34. The SMILES string of the molecule is Cc1cc(CNc2ccccc2OC(F)(F)F)ccc1Br. The summed E-state index contributed by atoms with van der Waals surface area (Å²) in [7, 11) is 0. The predicted octanol–water partition coefficient (Wildman–Crippen LogP) is 5.27. The Labute approximate surface area is 129 Å². The van der Waals surface area contributed by atoms with E-state index < -0.39 is 6.36 Å². The molecule has 0 aromatic heterocycles. The van der Waals surface area contributed by atoms with Crippen molar-refractivity contribution in [2.24, 2.45) is 0 Å². The van der Waals surface area contributed by atoms with Gasteiger partial charge in [0.25, 0.3) is 0 Å². The van der Waals surface area contributed by atoms with Gasteiger partial charge in [-0.1, -0.05) is 40.2 Å². The molecule has 0 unspecified atom stereocenters. The van der Waals surface area contributed by atoms with Crippen molar-refractivity contribution < 1.29 is 17.9 Å². The maximum absolute atomic E-state index is 12.3. The second-order valence-electron chi connectivity index (χ2n) is 4.48. The Balaban J connectivity index is 2.11. The van der Waals surface area contributed by atoms with Gasteiger partial charge < -0.3 is 10.1 Å². The van der Waals surface area contributed by atoms with Gasteiger partial charge in [-0.05, 0) is 36.2 Å². The smallest absolute Gasteiger partial charge is 0.404 e. The number of alkyl halides is 3. The van der Waals surface area contributed by atoms with Crippen LogP contribution in [0.25, 0.3) is 0 Å². The van der Waals surface area contributed by atoms with Gasteiger partial charge >= 0.3 is 6.36 Å². The monoisotopic (exact) mass is 359 g/mol. The zero-order chi connectivity index (χ0) is 15.5. The average Bonchev–Trinajstić information content (AvgIpc) is 2.40. The van der Waals surface area contributed by atoms with Crippen LogP contribution in [0.3, 0.4) is 0 Å². The number of benzene rings is 2. The van der Waals surface area contributed by atoms with Crippen molar-refractivity contribution in [3.63, 3.8) is 0 Å². The molecule has 0 fully saturated rings. The molecule has 1 N–H and O–H groups in total. The van der Waals surface area contributed by atoms with E-state index >= 15 is 0 Å². The van der Waals surface area contributed by atoms with Crippen molar-refractivity contribution in [1.29, 1.82) is 0 Å². The van der Waals surface area contributed by atoms with Gasteiger partial charge in [0.15, 0.2) is 5.75 Å². The first-order chi connectivity index (χ1) is 9.85. The van der Waals surface area contributed by atoms with Gasteiger partial charge in [-0.2, -0.15) is 0 Å². The molecule has 2 nitrogen and oxygen atoms in total. The Morgan fingerprint density at radius 3 is 2.52 bits per heavy atom. The minimum Gasteiger partial charge on any atom is -0.404 e. The summed E-state index contributed by atoms with van der Waals surface area (Å²) < 4.78 is 42.0. The van der Waals surface area contributed by atoms with E-state index in [0.717, 1.165) is 15.6 Å². The highest BCUT2D eigenvalue weighted by Crippen LogP contribution is 2.30. The number of para-hydroxylation sites is 2. The van der Waals surface area contributed by atoms with Crippen LogP contribution in [0.2, 0.25) is 0 Å². The first-order valence-electron chi connectivity index (χ1n) is 6.19. The zero-order valence-electron chi connectivity index (χ0n) is 11.2. The van der Waals surface area contributed by atoms with Crippen LogP contribution in [0.5, 0.6) is 5.75 Å². The highest BCUT2D eigenvalue weighted by atomic mass is 79.9. The van der Waals surface area contributed by atoms with Crippen LogP contribution in [0, 0.1) is 6.92 Å². The van der Waals surface area contributed by atoms with Crippen molar-refractivity contribution >= 4 is 21.6 Å². The molecular formula is C15H13BrF3NO. The van der Waals surface area contributed by atoms with E-state index in [9.17, 15) is 13.2 Å². The first-order valence-corrected chi connectivity index (χ1v) is 6.98. The van der Waals surface area contributed by atoms with Crippen LogP contribution in [0.1, 0.15) is 11.1 Å². The third-order valence-corrected chi connectivity index (χ3v) is 3.71. The molecule has 0 heterocycles. The lowest BCUT2D eigenvalue weighted by molar-refractivity contribution is -0.274. The van der Waals surface area contributed by atoms with Gasteiger partial charge in [0.1, 0.15) is 0 Å². The first kappa shape index (κ1) is 15.7. The van der Waals surface area contributed by atoms with Gasteiger partial charge in [-0.25, -0.2) is 0 Å². The molecule has 0 radical (unpaired) electrons. The molecule has 0 atom stereocenters. The number of aryl methyl sites for hydroxylation is 1. The number of anilines is 1. The molecule has 0 bridgehead atoms. The Bertz CT molecular complexity index is 629. The topological polar surface area (TPSA) is 21.3 Å². The van der Waals surface area contributed by atoms with E-state index in [2.05, 4.69) is 26.0 Å². The second-order valence-corrected chi connectivity index (χ2v) is 5.34. The zero-order valence-corrected chi connectivity index (χ0v) is 12.8. The third-order valence-electron chi connectivity index (χ3n) is 2.82. The van der Waals surface area contributed by atoms with Crippen LogP contribution < -0.4 is 10.1 Å². The molecule has 2 rings (SSSR count). The van der Waals surface area contributed by atoms with Crippen molar-refractivity contribution in [3.05, 3.63) is 58.1 Å². The summed E-state index contributed by atoms with van der Waals surface area (Å²) in [6.07, 6.45) is -4.70. The minimum atomic E-state index is -4.70. The number of halogens is 4. The molecule has 6 heteroatoms. The fourth-order valence-electron chi connectivity index (χ4n) is 1.84. The van der Waals surface area contributed by atoms with E-state index in [1.165, 1.54) is 12.1 Å². The molecule has 0 aliphatic heterocycles. The van der Waals surface area contributed by atoms with Crippen molar-refractivity contribution in [2.75, 3.05) is 5.32 Å². The molecule has 0 aliphatic rings. The molecule has 21 heavy (non-hydrogen) atoms. The fraction of sp³-hybridized carbons (Fsp3) is 0.200. The molecule has 0 spiro atoms. The number of ether oxygens (including phenoxy) is 1. The lowest BCUT2D eigenvalue weighted by atomic mass is 10.1. The van der Waals surface area contributed by atoms with Gasteiger partial charge in [-0.15, -0.1) is 13.2 Å². The summed E-state index contributed by atoms with van der Waals surface area (Å²) >= 11 is 3.40. The predicted molar refractivity (Wildman–Crippen MR) is 79.3 cm³/mol. The molecule has 2 aromatic rings. The third kappa shape index (κ3) is 4.67. The van der Waals surface area contributed by atoms with Crippen LogP contribution in [0.15, 0.2) is 46.9 Å². The van der Waals surface area contributed by atoms with Crippen molar-refractivity contribution in [1.82, 2.24) is 0 Å². The highest BCUT2D eigenvalue weighted by molar-refractivity contribution is 9.10. The number of nitrogens with one attached hydrogen (secondary N) is 1. The van der Waals surface area contributed by atoms with Gasteiger partial charge in [0.05, 0.1) is 5.69 Å². The van der Waals surface area contributed by atoms with Crippen LogP contribution in [-0.2, 0) is 6.54 Å². The fourth-order valence-corrected chi connectivity index (χ4v) is 2.09. The molecule has 112 valence electrons. The summed E-state index contributed by atoms with van der Waals surface area (Å²) in [6.45, 7) is 2.36. The van der Waals surface area contributed by atoms with Crippen LogP contribution in [0.4, 0.5) is 18.9 Å². The summed E-state index contributed by atoms with van der Waals surface area (Å²) in [5.74, 6) is -0.237. The Morgan fingerprint density at radius 2 is 1.86 bits per heavy atom. The maximum Gasteiger partial charge on any atom is 0.573 e. The number of hydrogen-bond donors (Lipinski definition) is 1. The van der Waals surface area contributed by atoms with E-state index in [0.29, 0.717) is 12.2 Å². The Kier molecular flexibility index (Phi) is 4.77. The van der Waals surface area contributed by atoms with Gasteiger partial charge in [-0.3, -0.25) is 0 Å². The quantitative estimate of drug-likeness (QED) is 0.802. The standard InChI is InChI=1S/C15H13BrF3NO/c1-10-8-11(6-7-12(10)16)9-20-13-4-2-3-5-14(13)21-15(17,18)19/h2-8,20H,9H2,1H3. The normalized spacial score (nSPS) is 11.3. The molecule has 0 amide bonds. The highest BCUT2D eigenvalue weighted by Gasteiger charge is 2.32. The molecule has 0 saturated heterocycles. The molecule has 2 aromatic carbocycles. The van der Waals surface area contributed by atoms with Crippen molar-refractivity contribution in [3.8, 4) is 5.75 Å². The van der Waals surface area contributed by atoms with Crippen LogP contribution in [-0.4, -0.2) is 6.36 Å². The minimum absolute atomic E-state index is 0.237. The summed E-state index contributed by atoms with van der Waals surface area (Å²) in [6, 6.07) is 11.7.